The van der Waals surface area contributed by atoms with E-state index in [2.05, 4.69) is 10.0 Å². The van der Waals surface area contributed by atoms with Crippen molar-refractivity contribution in [2.75, 3.05) is 0 Å². The standard InChI is InChI=1S/C21H26N2O3S/c1-16-6-5-7-17(14-16)15-22-27(25,26)20-12-10-18(11-13-20)21(24)23-19-8-3-2-4-9-19/h5-7,10-14,19,22H,2-4,8-9,15H2,1H3,(H,23,24). The van der Waals surface area contributed by atoms with E-state index >= 15 is 0 Å². The molecular formula is C21H26N2O3S. The molecule has 1 aliphatic rings. The van der Waals surface area contributed by atoms with Crippen LogP contribution < -0.4 is 10.0 Å². The zero-order valence-corrected chi connectivity index (χ0v) is 16.4. The van der Waals surface area contributed by atoms with Crippen LogP contribution in [0.25, 0.3) is 0 Å². The van der Waals surface area contributed by atoms with E-state index in [1.165, 1.54) is 18.6 Å². The highest BCUT2D eigenvalue weighted by atomic mass is 32.2. The van der Waals surface area contributed by atoms with Gasteiger partial charge in [-0.05, 0) is 49.6 Å². The molecule has 1 amide bonds. The van der Waals surface area contributed by atoms with Gasteiger partial charge in [-0.3, -0.25) is 4.79 Å². The highest BCUT2D eigenvalue weighted by Gasteiger charge is 2.18. The molecule has 0 bridgehead atoms. The zero-order valence-electron chi connectivity index (χ0n) is 15.6. The van der Waals surface area contributed by atoms with Gasteiger partial charge in [-0.15, -0.1) is 0 Å². The average molecular weight is 387 g/mol. The number of amides is 1. The van der Waals surface area contributed by atoms with E-state index in [4.69, 9.17) is 0 Å². The summed E-state index contributed by atoms with van der Waals surface area (Å²) in [6.07, 6.45) is 5.56. The molecule has 1 aliphatic carbocycles. The minimum Gasteiger partial charge on any atom is -0.349 e. The monoisotopic (exact) mass is 386 g/mol. The zero-order chi connectivity index (χ0) is 19.3. The average Bonchev–Trinajstić information content (AvgIpc) is 2.67. The molecule has 0 heterocycles. The fourth-order valence-corrected chi connectivity index (χ4v) is 4.40. The molecule has 0 radical (unpaired) electrons. The van der Waals surface area contributed by atoms with E-state index in [0.717, 1.165) is 36.8 Å². The minimum atomic E-state index is -3.62. The molecule has 27 heavy (non-hydrogen) atoms. The third kappa shape index (κ3) is 5.40. The topological polar surface area (TPSA) is 75.3 Å². The molecule has 1 saturated carbocycles. The molecule has 0 saturated heterocycles. The van der Waals surface area contributed by atoms with E-state index in [0.29, 0.717) is 5.56 Å². The van der Waals surface area contributed by atoms with Gasteiger partial charge in [0, 0.05) is 18.2 Å². The third-order valence-corrected chi connectivity index (χ3v) is 6.33. The first-order valence-corrected chi connectivity index (χ1v) is 10.9. The fraction of sp³-hybridized carbons (Fsp3) is 0.381. The number of aryl methyl sites for hydroxylation is 1. The Morgan fingerprint density at radius 1 is 1.04 bits per heavy atom. The van der Waals surface area contributed by atoms with Crippen LogP contribution in [-0.2, 0) is 16.6 Å². The molecular weight excluding hydrogens is 360 g/mol. The van der Waals surface area contributed by atoms with E-state index in [1.54, 1.807) is 12.1 Å². The van der Waals surface area contributed by atoms with Crippen LogP contribution in [0.15, 0.2) is 53.4 Å². The number of hydrogen-bond donors (Lipinski definition) is 2. The summed E-state index contributed by atoms with van der Waals surface area (Å²) in [6.45, 7) is 2.20. The molecule has 6 heteroatoms. The van der Waals surface area contributed by atoms with Crippen molar-refractivity contribution in [2.24, 2.45) is 0 Å². The minimum absolute atomic E-state index is 0.140. The molecule has 0 unspecified atom stereocenters. The Labute approximate surface area is 161 Å². The van der Waals surface area contributed by atoms with Crippen molar-refractivity contribution in [1.82, 2.24) is 10.0 Å². The Morgan fingerprint density at radius 2 is 1.74 bits per heavy atom. The van der Waals surface area contributed by atoms with Gasteiger partial charge >= 0.3 is 0 Å². The van der Waals surface area contributed by atoms with Crippen LogP contribution >= 0.6 is 0 Å². The number of carbonyl (C=O) groups is 1. The maximum Gasteiger partial charge on any atom is 0.251 e. The molecule has 0 aromatic heterocycles. The Kier molecular flexibility index (Phi) is 6.29. The van der Waals surface area contributed by atoms with Gasteiger partial charge in [-0.1, -0.05) is 49.1 Å². The highest BCUT2D eigenvalue weighted by molar-refractivity contribution is 7.89. The van der Waals surface area contributed by atoms with E-state index in [-0.39, 0.29) is 23.4 Å². The van der Waals surface area contributed by atoms with E-state index in [1.807, 2.05) is 31.2 Å². The second-order valence-electron chi connectivity index (χ2n) is 7.15. The van der Waals surface area contributed by atoms with Crippen LogP contribution in [0.3, 0.4) is 0 Å². The van der Waals surface area contributed by atoms with Crippen molar-refractivity contribution in [2.45, 2.75) is 56.5 Å². The molecule has 0 atom stereocenters. The summed E-state index contributed by atoms with van der Waals surface area (Å²) < 4.78 is 27.6. The molecule has 1 fully saturated rings. The van der Waals surface area contributed by atoms with Gasteiger partial charge in [0.1, 0.15) is 0 Å². The van der Waals surface area contributed by atoms with Gasteiger partial charge in [-0.2, -0.15) is 0 Å². The summed E-state index contributed by atoms with van der Waals surface area (Å²) in [5, 5.41) is 3.04. The van der Waals surface area contributed by atoms with Gasteiger partial charge in [0.05, 0.1) is 4.90 Å². The summed E-state index contributed by atoms with van der Waals surface area (Å²) in [4.78, 5) is 12.5. The predicted molar refractivity (Wildman–Crippen MR) is 106 cm³/mol. The lowest BCUT2D eigenvalue weighted by molar-refractivity contribution is 0.0927. The van der Waals surface area contributed by atoms with Crippen LogP contribution in [0.2, 0.25) is 0 Å². The van der Waals surface area contributed by atoms with E-state index < -0.39 is 10.0 Å². The Morgan fingerprint density at radius 3 is 2.41 bits per heavy atom. The quantitative estimate of drug-likeness (QED) is 0.797. The second kappa shape index (κ2) is 8.67. The lowest BCUT2D eigenvalue weighted by atomic mass is 9.95. The molecule has 0 aliphatic heterocycles. The molecule has 2 aromatic rings. The summed E-state index contributed by atoms with van der Waals surface area (Å²) in [7, 11) is -3.62. The molecule has 3 rings (SSSR count). The lowest BCUT2D eigenvalue weighted by Crippen LogP contribution is -2.36. The number of carbonyl (C=O) groups excluding carboxylic acids is 1. The molecule has 2 aromatic carbocycles. The smallest absolute Gasteiger partial charge is 0.251 e. The Hall–Kier alpha value is -2.18. The number of sulfonamides is 1. The highest BCUT2D eigenvalue weighted by Crippen LogP contribution is 2.18. The van der Waals surface area contributed by atoms with Crippen molar-refractivity contribution >= 4 is 15.9 Å². The summed E-state index contributed by atoms with van der Waals surface area (Å²) in [5.41, 5.74) is 2.47. The second-order valence-corrected chi connectivity index (χ2v) is 8.91. The van der Waals surface area contributed by atoms with Crippen LogP contribution in [0, 0.1) is 6.92 Å². The van der Waals surface area contributed by atoms with Gasteiger partial charge < -0.3 is 5.32 Å². The molecule has 0 spiro atoms. The first-order chi connectivity index (χ1) is 12.9. The number of hydrogen-bond acceptors (Lipinski definition) is 3. The van der Waals surface area contributed by atoms with E-state index in [9.17, 15) is 13.2 Å². The Balaban J connectivity index is 1.62. The van der Waals surface area contributed by atoms with Crippen molar-refractivity contribution in [3.8, 4) is 0 Å². The first kappa shape index (κ1) is 19.6. The number of nitrogens with one attached hydrogen (secondary N) is 2. The third-order valence-electron chi connectivity index (χ3n) is 4.92. The largest absolute Gasteiger partial charge is 0.349 e. The van der Waals surface area contributed by atoms with Gasteiger partial charge in [0.25, 0.3) is 5.91 Å². The van der Waals surface area contributed by atoms with Crippen LogP contribution in [0.5, 0.6) is 0 Å². The van der Waals surface area contributed by atoms with Crippen molar-refractivity contribution < 1.29 is 13.2 Å². The maximum absolute atomic E-state index is 12.5. The lowest BCUT2D eigenvalue weighted by Gasteiger charge is -2.22. The van der Waals surface area contributed by atoms with Gasteiger partial charge in [0.2, 0.25) is 10.0 Å². The predicted octanol–water partition coefficient (Wildman–Crippen LogP) is 3.54. The fourth-order valence-electron chi connectivity index (χ4n) is 3.38. The summed E-state index contributed by atoms with van der Waals surface area (Å²) in [6, 6.07) is 14.0. The van der Waals surface area contributed by atoms with Crippen LogP contribution in [0.1, 0.15) is 53.6 Å². The molecule has 5 nitrogen and oxygen atoms in total. The number of rotatable bonds is 6. The number of benzene rings is 2. The Bertz CT molecular complexity index is 886. The summed E-state index contributed by atoms with van der Waals surface area (Å²) in [5.74, 6) is -0.140. The molecule has 144 valence electrons. The van der Waals surface area contributed by atoms with Crippen LogP contribution in [0.4, 0.5) is 0 Å². The van der Waals surface area contributed by atoms with Crippen molar-refractivity contribution in [1.29, 1.82) is 0 Å². The summed E-state index contributed by atoms with van der Waals surface area (Å²) >= 11 is 0. The van der Waals surface area contributed by atoms with Gasteiger partial charge in [-0.25, -0.2) is 13.1 Å². The SMILES string of the molecule is Cc1cccc(CNS(=O)(=O)c2ccc(C(=O)NC3CCCCC3)cc2)c1. The normalized spacial score (nSPS) is 15.4. The van der Waals surface area contributed by atoms with Gasteiger partial charge in [0.15, 0.2) is 0 Å². The first-order valence-electron chi connectivity index (χ1n) is 9.40. The van der Waals surface area contributed by atoms with Crippen LogP contribution in [-0.4, -0.2) is 20.4 Å². The van der Waals surface area contributed by atoms with Crippen molar-refractivity contribution in [3.05, 3.63) is 65.2 Å². The van der Waals surface area contributed by atoms with Crippen molar-refractivity contribution in [3.63, 3.8) is 0 Å². The molecule has 2 N–H and O–H groups in total. The maximum atomic E-state index is 12.5.